The molecule has 3 heterocycles. The van der Waals surface area contributed by atoms with Crippen LogP contribution in [-0.4, -0.2) is 57.8 Å². The number of amides is 1. The Kier molecular flexibility index (Phi) is 7.93. The molecule has 2 aromatic rings. The third-order valence-electron chi connectivity index (χ3n) is 5.71. The van der Waals surface area contributed by atoms with E-state index in [1.807, 2.05) is 27.6 Å². The van der Waals surface area contributed by atoms with Crippen LogP contribution in [0.5, 0.6) is 0 Å². The fourth-order valence-electron chi connectivity index (χ4n) is 3.71. The summed E-state index contributed by atoms with van der Waals surface area (Å²) in [6.45, 7) is 13.5. The zero-order valence-electron chi connectivity index (χ0n) is 19.0. The van der Waals surface area contributed by atoms with Crippen LogP contribution in [0.1, 0.15) is 69.4 Å². The zero-order valence-corrected chi connectivity index (χ0v) is 19.0. The molecule has 0 atom stereocenters. The van der Waals surface area contributed by atoms with Gasteiger partial charge >= 0.3 is 0 Å². The van der Waals surface area contributed by atoms with Crippen molar-refractivity contribution in [2.45, 2.75) is 53.4 Å². The Morgan fingerprint density at radius 1 is 1.10 bits per heavy atom. The lowest BCUT2D eigenvalue weighted by molar-refractivity contribution is 0.0740. The quantitative estimate of drug-likeness (QED) is 0.611. The number of rotatable bonds is 8. The van der Waals surface area contributed by atoms with E-state index in [4.69, 9.17) is 0 Å². The molecular weight excluding hydrogens is 372 g/mol. The van der Waals surface area contributed by atoms with Gasteiger partial charge in [0.15, 0.2) is 0 Å². The van der Waals surface area contributed by atoms with E-state index >= 15 is 0 Å². The summed E-state index contributed by atoms with van der Waals surface area (Å²) in [7, 11) is 0. The van der Waals surface area contributed by atoms with Crippen LogP contribution in [0.25, 0.3) is 5.65 Å². The summed E-state index contributed by atoms with van der Waals surface area (Å²) in [5.41, 5.74) is 2.37. The lowest BCUT2D eigenvalue weighted by Gasteiger charge is -2.24. The lowest BCUT2D eigenvalue weighted by Crippen LogP contribution is -2.34. The first kappa shape index (κ1) is 22.4. The van der Waals surface area contributed by atoms with Gasteiger partial charge in [0.1, 0.15) is 11.3 Å². The van der Waals surface area contributed by atoms with Crippen LogP contribution in [0.2, 0.25) is 0 Å². The molecule has 1 aliphatic heterocycles. The predicted molar refractivity (Wildman–Crippen MR) is 123 cm³/mol. The maximum Gasteiger partial charge on any atom is 0.255 e. The van der Waals surface area contributed by atoms with Gasteiger partial charge < -0.3 is 4.90 Å². The fraction of sp³-hybridized carbons (Fsp3) is 0.600. The van der Waals surface area contributed by atoms with Crippen molar-refractivity contribution in [3.05, 3.63) is 35.8 Å². The molecule has 0 aliphatic carbocycles. The zero-order chi connectivity index (χ0) is 21.5. The summed E-state index contributed by atoms with van der Waals surface area (Å²) in [5.74, 6) is 7.79. The number of nitrogens with zero attached hydrogens (tertiary/aromatic N) is 4. The van der Waals surface area contributed by atoms with Crippen LogP contribution in [-0.2, 0) is 0 Å². The molecule has 1 aliphatic rings. The van der Waals surface area contributed by atoms with E-state index < -0.39 is 0 Å². The first-order valence-corrected chi connectivity index (χ1v) is 11.4. The molecule has 1 fully saturated rings. The molecule has 0 bridgehead atoms. The average molecular weight is 409 g/mol. The molecule has 162 valence electrons. The second-order valence-electron chi connectivity index (χ2n) is 9.23. The Morgan fingerprint density at radius 2 is 1.77 bits per heavy atom. The second kappa shape index (κ2) is 10.6. The van der Waals surface area contributed by atoms with E-state index in [-0.39, 0.29) is 5.91 Å². The van der Waals surface area contributed by atoms with Crippen molar-refractivity contribution in [2.75, 3.05) is 32.7 Å². The summed E-state index contributed by atoms with van der Waals surface area (Å²) >= 11 is 0. The molecule has 5 nitrogen and oxygen atoms in total. The Bertz CT molecular complexity index is 885. The molecular formula is C25H36N4O. The molecule has 0 spiro atoms. The van der Waals surface area contributed by atoms with Gasteiger partial charge in [0.2, 0.25) is 0 Å². The van der Waals surface area contributed by atoms with Gasteiger partial charge in [-0.1, -0.05) is 33.6 Å². The van der Waals surface area contributed by atoms with E-state index in [1.54, 1.807) is 6.20 Å². The smallest absolute Gasteiger partial charge is 0.255 e. The monoisotopic (exact) mass is 408 g/mol. The molecule has 0 N–H and O–H groups in total. The third-order valence-corrected chi connectivity index (χ3v) is 5.71. The molecule has 1 amide bonds. The first-order valence-electron chi connectivity index (χ1n) is 11.4. The number of aromatic nitrogens is 2. The number of imidazole rings is 1. The van der Waals surface area contributed by atoms with Gasteiger partial charge in [-0.2, -0.15) is 0 Å². The van der Waals surface area contributed by atoms with Gasteiger partial charge in [-0.15, -0.1) is 0 Å². The van der Waals surface area contributed by atoms with Crippen LogP contribution in [0.15, 0.2) is 24.5 Å². The highest BCUT2D eigenvalue weighted by atomic mass is 16.2. The van der Waals surface area contributed by atoms with Gasteiger partial charge in [0.25, 0.3) is 5.91 Å². The Balaban J connectivity index is 1.77. The number of fused-ring (bicyclic) bond motifs is 1. The van der Waals surface area contributed by atoms with E-state index in [0.717, 1.165) is 56.9 Å². The van der Waals surface area contributed by atoms with E-state index in [0.29, 0.717) is 17.4 Å². The summed E-state index contributed by atoms with van der Waals surface area (Å²) in [6, 6.07) is 3.81. The Labute approximate surface area is 181 Å². The van der Waals surface area contributed by atoms with E-state index in [1.165, 1.54) is 12.8 Å². The standard InChI is InChI=1S/C25H36N4O/c1-20(2)11-16-28(17-12-21(3)4)25(30)22-9-10-24-26-18-23(29(24)19-22)8-7-15-27-13-5-6-14-27/h9-10,18-21H,5-6,11-17H2,1-4H3. The van der Waals surface area contributed by atoms with Gasteiger partial charge in [-0.25, -0.2) is 4.98 Å². The topological polar surface area (TPSA) is 40.9 Å². The number of likely N-dealkylation sites (tertiary alicyclic amines) is 1. The van der Waals surface area contributed by atoms with Gasteiger partial charge in [-0.05, 0) is 68.7 Å². The second-order valence-corrected chi connectivity index (χ2v) is 9.23. The molecule has 0 radical (unpaired) electrons. The Hall–Kier alpha value is -2.32. The SMILES string of the molecule is CC(C)CCN(CCC(C)C)C(=O)c1ccc2ncc(C#CCN3CCCC3)n2c1. The van der Waals surface area contributed by atoms with Crippen LogP contribution >= 0.6 is 0 Å². The van der Waals surface area contributed by atoms with Crippen molar-refractivity contribution in [1.82, 2.24) is 19.2 Å². The maximum absolute atomic E-state index is 13.3. The number of hydrogen-bond donors (Lipinski definition) is 0. The third kappa shape index (κ3) is 6.09. The van der Waals surface area contributed by atoms with E-state index in [2.05, 4.69) is 49.4 Å². The molecule has 0 aromatic carbocycles. The van der Waals surface area contributed by atoms with Crippen molar-refractivity contribution < 1.29 is 4.79 Å². The first-order chi connectivity index (χ1) is 14.4. The number of carbonyl (C=O) groups is 1. The van der Waals surface area contributed by atoms with Crippen molar-refractivity contribution >= 4 is 11.6 Å². The molecule has 0 saturated carbocycles. The molecule has 5 heteroatoms. The predicted octanol–water partition coefficient (Wildman–Crippen LogP) is 4.32. The molecule has 2 aromatic heterocycles. The van der Waals surface area contributed by atoms with E-state index in [9.17, 15) is 4.79 Å². The summed E-state index contributed by atoms with van der Waals surface area (Å²) < 4.78 is 1.95. The van der Waals surface area contributed by atoms with Crippen molar-refractivity contribution in [1.29, 1.82) is 0 Å². The Morgan fingerprint density at radius 3 is 2.40 bits per heavy atom. The number of hydrogen-bond acceptors (Lipinski definition) is 3. The highest BCUT2D eigenvalue weighted by molar-refractivity contribution is 5.94. The van der Waals surface area contributed by atoms with Gasteiger partial charge in [0, 0.05) is 19.3 Å². The van der Waals surface area contributed by atoms with Crippen molar-refractivity contribution in [3.8, 4) is 11.8 Å². The van der Waals surface area contributed by atoms with Gasteiger partial charge in [-0.3, -0.25) is 14.1 Å². The van der Waals surface area contributed by atoms with Crippen molar-refractivity contribution in [2.24, 2.45) is 11.8 Å². The highest BCUT2D eigenvalue weighted by Gasteiger charge is 2.18. The van der Waals surface area contributed by atoms with Crippen LogP contribution < -0.4 is 0 Å². The minimum Gasteiger partial charge on any atom is -0.339 e. The van der Waals surface area contributed by atoms with Crippen LogP contribution in [0.3, 0.4) is 0 Å². The maximum atomic E-state index is 13.3. The molecule has 0 unspecified atom stereocenters. The molecule has 3 rings (SSSR count). The minimum atomic E-state index is 0.0999. The van der Waals surface area contributed by atoms with Crippen molar-refractivity contribution in [3.63, 3.8) is 0 Å². The summed E-state index contributed by atoms with van der Waals surface area (Å²) in [4.78, 5) is 22.1. The largest absolute Gasteiger partial charge is 0.339 e. The fourth-order valence-corrected chi connectivity index (χ4v) is 3.71. The molecule has 1 saturated heterocycles. The number of pyridine rings is 1. The number of carbonyl (C=O) groups excluding carboxylic acids is 1. The van der Waals surface area contributed by atoms with Crippen LogP contribution in [0, 0.1) is 23.7 Å². The molecule has 30 heavy (non-hydrogen) atoms. The average Bonchev–Trinajstić information content (AvgIpc) is 3.37. The summed E-state index contributed by atoms with van der Waals surface area (Å²) in [6.07, 6.45) is 8.28. The van der Waals surface area contributed by atoms with Crippen LogP contribution in [0.4, 0.5) is 0 Å². The normalized spacial score (nSPS) is 14.5. The highest BCUT2D eigenvalue weighted by Crippen LogP contribution is 2.14. The summed E-state index contributed by atoms with van der Waals surface area (Å²) in [5, 5.41) is 0. The minimum absolute atomic E-state index is 0.0999. The van der Waals surface area contributed by atoms with Gasteiger partial charge in [0.05, 0.1) is 18.3 Å². The lowest BCUT2D eigenvalue weighted by atomic mass is 10.1.